The zero-order valence-electron chi connectivity index (χ0n) is 21.9. The molecule has 7 rings (SSSR count). The summed E-state index contributed by atoms with van der Waals surface area (Å²) in [6.45, 7) is 8.26. The van der Waals surface area contributed by atoms with Gasteiger partial charge in [0.15, 0.2) is 5.58 Å². The number of hydrogen-bond donors (Lipinski definition) is 0. The quantitative estimate of drug-likeness (QED) is 0.209. The number of nitrogens with zero attached hydrogens (tertiary/aromatic N) is 1. The van der Waals surface area contributed by atoms with Crippen LogP contribution in [-0.2, 0) is 0 Å². The number of furan rings is 1. The molecule has 0 aliphatic heterocycles. The van der Waals surface area contributed by atoms with Crippen LogP contribution in [0.1, 0.15) is 16.0 Å². The SMILES string of the molecule is C=C/C=C\c1sc2c(cc(N(c3ccccc3C)c3cccc4c3oc3ccccc34)c3ccccc32)c1C. The third-order valence-electron chi connectivity index (χ3n) is 7.56. The number of thiophene rings is 1. The average molecular weight is 522 g/mol. The Morgan fingerprint density at radius 3 is 2.21 bits per heavy atom. The molecule has 5 aromatic carbocycles. The second-order valence-electron chi connectivity index (χ2n) is 9.88. The Morgan fingerprint density at radius 1 is 0.692 bits per heavy atom. The van der Waals surface area contributed by atoms with Crippen LogP contribution in [0.25, 0.3) is 48.9 Å². The molecule has 0 spiro atoms. The van der Waals surface area contributed by atoms with Crippen molar-refractivity contribution in [1.82, 2.24) is 0 Å². The monoisotopic (exact) mass is 521 g/mol. The Bertz CT molecular complexity index is 2070. The van der Waals surface area contributed by atoms with Crippen molar-refractivity contribution in [3.05, 3.63) is 132 Å². The Hall–Kier alpha value is -4.60. The highest BCUT2D eigenvalue weighted by Crippen LogP contribution is 2.48. The molecule has 2 nitrogen and oxygen atoms in total. The fourth-order valence-corrected chi connectivity index (χ4v) is 6.89. The van der Waals surface area contributed by atoms with Gasteiger partial charge in [-0.25, -0.2) is 0 Å². The molecule has 0 saturated heterocycles. The van der Waals surface area contributed by atoms with Crippen LogP contribution in [0.4, 0.5) is 17.1 Å². The van der Waals surface area contributed by atoms with Crippen LogP contribution in [0, 0.1) is 13.8 Å². The summed E-state index contributed by atoms with van der Waals surface area (Å²) in [5.74, 6) is 0. The topological polar surface area (TPSA) is 16.4 Å². The third kappa shape index (κ3) is 3.70. The summed E-state index contributed by atoms with van der Waals surface area (Å²) in [4.78, 5) is 3.65. The second-order valence-corrected chi connectivity index (χ2v) is 10.9. The normalized spacial score (nSPS) is 11.8. The Kier molecular flexibility index (Phi) is 5.61. The lowest BCUT2D eigenvalue weighted by Gasteiger charge is -2.28. The molecular weight excluding hydrogens is 494 g/mol. The molecule has 0 amide bonds. The van der Waals surface area contributed by atoms with Gasteiger partial charge in [0, 0.05) is 36.8 Å². The summed E-state index contributed by atoms with van der Waals surface area (Å²) >= 11 is 1.84. The lowest BCUT2D eigenvalue weighted by Crippen LogP contribution is -2.12. The summed E-state index contributed by atoms with van der Waals surface area (Å²) in [6, 6.07) is 34.5. The minimum absolute atomic E-state index is 0.891. The Balaban J connectivity index is 1.61. The summed E-state index contributed by atoms with van der Waals surface area (Å²) in [6.07, 6.45) is 6.01. The minimum Gasteiger partial charge on any atom is -0.454 e. The summed E-state index contributed by atoms with van der Waals surface area (Å²) in [5, 5.41) is 5.99. The first-order valence-corrected chi connectivity index (χ1v) is 14.0. The summed E-state index contributed by atoms with van der Waals surface area (Å²) in [7, 11) is 0. The van der Waals surface area contributed by atoms with E-state index in [1.165, 1.54) is 36.9 Å². The van der Waals surface area contributed by atoms with Crippen LogP contribution in [0.15, 0.2) is 120 Å². The molecule has 3 heteroatoms. The van der Waals surface area contributed by atoms with Crippen LogP contribution in [0.5, 0.6) is 0 Å². The molecule has 0 bridgehead atoms. The van der Waals surface area contributed by atoms with Crippen molar-refractivity contribution in [3.63, 3.8) is 0 Å². The lowest BCUT2D eigenvalue weighted by molar-refractivity contribution is 0.669. The predicted octanol–water partition coefficient (Wildman–Crippen LogP) is 11.2. The van der Waals surface area contributed by atoms with Crippen molar-refractivity contribution in [2.24, 2.45) is 0 Å². The number of benzene rings is 5. The zero-order chi connectivity index (χ0) is 26.5. The number of fused-ring (bicyclic) bond motifs is 6. The van der Waals surface area contributed by atoms with E-state index in [0.29, 0.717) is 0 Å². The fraction of sp³-hybridized carbons (Fsp3) is 0.0556. The van der Waals surface area contributed by atoms with E-state index in [0.717, 1.165) is 39.0 Å². The van der Waals surface area contributed by atoms with E-state index in [-0.39, 0.29) is 0 Å². The average Bonchev–Trinajstić information content (AvgIpc) is 3.51. The molecule has 39 heavy (non-hydrogen) atoms. The van der Waals surface area contributed by atoms with Crippen molar-refractivity contribution < 1.29 is 4.42 Å². The highest BCUT2D eigenvalue weighted by Gasteiger charge is 2.23. The van der Waals surface area contributed by atoms with Gasteiger partial charge in [0.05, 0.1) is 11.4 Å². The van der Waals surface area contributed by atoms with Gasteiger partial charge in [0.25, 0.3) is 0 Å². The van der Waals surface area contributed by atoms with Crippen molar-refractivity contribution in [2.75, 3.05) is 4.90 Å². The number of para-hydroxylation sites is 3. The van der Waals surface area contributed by atoms with Gasteiger partial charge in [-0.2, -0.15) is 0 Å². The molecule has 0 aliphatic rings. The Labute approximate surface area is 231 Å². The van der Waals surface area contributed by atoms with E-state index in [2.05, 4.69) is 116 Å². The molecule has 0 unspecified atom stereocenters. The van der Waals surface area contributed by atoms with E-state index in [1.807, 2.05) is 35.6 Å². The van der Waals surface area contributed by atoms with Crippen molar-refractivity contribution in [2.45, 2.75) is 13.8 Å². The van der Waals surface area contributed by atoms with Crippen LogP contribution >= 0.6 is 11.3 Å². The van der Waals surface area contributed by atoms with E-state index in [9.17, 15) is 0 Å². The fourth-order valence-electron chi connectivity index (χ4n) is 5.65. The van der Waals surface area contributed by atoms with E-state index < -0.39 is 0 Å². The van der Waals surface area contributed by atoms with Crippen molar-refractivity contribution in [3.8, 4) is 0 Å². The molecule has 2 heterocycles. The first-order chi connectivity index (χ1) is 19.2. The third-order valence-corrected chi connectivity index (χ3v) is 8.87. The van der Waals surface area contributed by atoms with E-state index >= 15 is 0 Å². The second kappa shape index (κ2) is 9.30. The molecule has 0 aliphatic carbocycles. The Morgan fingerprint density at radius 2 is 1.38 bits per heavy atom. The van der Waals surface area contributed by atoms with Crippen LogP contribution < -0.4 is 4.90 Å². The largest absolute Gasteiger partial charge is 0.454 e. The molecule has 7 aromatic rings. The molecule has 0 N–H and O–H groups in total. The zero-order valence-corrected chi connectivity index (χ0v) is 22.8. The minimum atomic E-state index is 0.891. The summed E-state index contributed by atoms with van der Waals surface area (Å²) < 4.78 is 7.87. The van der Waals surface area contributed by atoms with E-state index in [4.69, 9.17) is 4.42 Å². The van der Waals surface area contributed by atoms with Gasteiger partial charge in [-0.15, -0.1) is 11.3 Å². The smallest absolute Gasteiger partial charge is 0.159 e. The van der Waals surface area contributed by atoms with Gasteiger partial charge in [0.2, 0.25) is 0 Å². The maximum atomic E-state index is 6.56. The van der Waals surface area contributed by atoms with E-state index in [1.54, 1.807) is 0 Å². The van der Waals surface area contributed by atoms with Gasteiger partial charge in [-0.3, -0.25) is 0 Å². The van der Waals surface area contributed by atoms with Crippen LogP contribution in [-0.4, -0.2) is 0 Å². The maximum Gasteiger partial charge on any atom is 0.159 e. The van der Waals surface area contributed by atoms with Crippen LogP contribution in [0.2, 0.25) is 0 Å². The van der Waals surface area contributed by atoms with Gasteiger partial charge in [-0.05, 0) is 60.7 Å². The highest BCUT2D eigenvalue weighted by molar-refractivity contribution is 7.21. The molecular formula is C36H27NOS. The summed E-state index contributed by atoms with van der Waals surface area (Å²) in [5.41, 5.74) is 7.58. The maximum absolute atomic E-state index is 6.56. The molecule has 0 saturated carbocycles. The molecule has 0 fully saturated rings. The van der Waals surface area contributed by atoms with Gasteiger partial charge in [-0.1, -0.05) is 91.5 Å². The highest BCUT2D eigenvalue weighted by atomic mass is 32.1. The molecule has 0 atom stereocenters. The number of aryl methyl sites for hydroxylation is 2. The number of hydrogen-bond acceptors (Lipinski definition) is 3. The number of allylic oxidation sites excluding steroid dienone is 2. The van der Waals surface area contributed by atoms with Gasteiger partial charge < -0.3 is 9.32 Å². The first kappa shape index (κ1) is 23.5. The molecule has 2 aromatic heterocycles. The molecule has 0 radical (unpaired) electrons. The van der Waals surface area contributed by atoms with Crippen molar-refractivity contribution in [1.29, 1.82) is 0 Å². The van der Waals surface area contributed by atoms with Gasteiger partial charge >= 0.3 is 0 Å². The molecule has 188 valence electrons. The number of anilines is 3. The van der Waals surface area contributed by atoms with Gasteiger partial charge in [0.1, 0.15) is 5.58 Å². The van der Waals surface area contributed by atoms with Crippen molar-refractivity contribution >= 4 is 77.3 Å². The number of rotatable bonds is 5. The predicted molar refractivity (Wildman–Crippen MR) is 170 cm³/mol. The first-order valence-electron chi connectivity index (χ1n) is 13.2. The lowest BCUT2D eigenvalue weighted by atomic mass is 10.0. The standard InChI is InChI=1S/C36H27NOS/c1-4-5-21-34-24(3)29-22-32(25-14-7-8-16-28(25)36(29)39-34)37(30-18-10-6-13-23(30)2)31-19-12-17-27-26-15-9-11-20-33(26)38-35(27)31/h4-22H,1H2,2-3H3/b21-5-. The van der Waals surface area contributed by atoms with Crippen LogP contribution in [0.3, 0.4) is 0 Å².